The third-order valence-electron chi connectivity index (χ3n) is 1.65. The molecule has 0 spiro atoms. The molecule has 0 saturated heterocycles. The smallest absolute Gasteiger partial charge is 0.149 e. The maximum Gasteiger partial charge on any atom is 0.149 e. The van der Waals surface area contributed by atoms with Crippen molar-refractivity contribution in [1.82, 2.24) is 5.43 Å². The molecule has 0 aromatic carbocycles. The third kappa shape index (κ3) is 6.57. The number of hydrogen-bond acceptors (Lipinski definition) is 4. The normalized spacial score (nSPS) is 14.6. The summed E-state index contributed by atoms with van der Waals surface area (Å²) >= 11 is 0. The molecule has 0 aromatic rings. The average Bonchev–Trinajstić information content (AvgIpc) is 1.95. The van der Waals surface area contributed by atoms with Gasteiger partial charge in [0, 0.05) is 12.3 Å². The van der Waals surface area contributed by atoms with Gasteiger partial charge in [0.1, 0.15) is 9.84 Å². The van der Waals surface area contributed by atoms with E-state index in [-0.39, 0.29) is 11.8 Å². The molecule has 0 aromatic heterocycles. The topological polar surface area (TPSA) is 72.2 Å². The maximum atomic E-state index is 10.9. The van der Waals surface area contributed by atoms with Crippen molar-refractivity contribution in [3.05, 3.63) is 0 Å². The first-order valence-electron chi connectivity index (χ1n) is 4.13. The Labute approximate surface area is 74.4 Å². The summed E-state index contributed by atoms with van der Waals surface area (Å²) in [4.78, 5) is 0. The van der Waals surface area contributed by atoms with Crippen molar-refractivity contribution in [1.29, 1.82) is 0 Å². The van der Waals surface area contributed by atoms with Crippen LogP contribution in [-0.2, 0) is 9.84 Å². The van der Waals surface area contributed by atoms with Crippen LogP contribution in [0.4, 0.5) is 0 Å². The van der Waals surface area contributed by atoms with E-state index in [1.165, 1.54) is 6.26 Å². The molecule has 0 aliphatic carbocycles. The lowest BCUT2D eigenvalue weighted by atomic mass is 10.1. The molecular weight excluding hydrogens is 176 g/mol. The summed E-state index contributed by atoms with van der Waals surface area (Å²) < 4.78 is 21.7. The molecule has 1 unspecified atom stereocenters. The fourth-order valence-corrected chi connectivity index (χ4v) is 2.02. The summed E-state index contributed by atoms with van der Waals surface area (Å²) in [5.74, 6) is 5.33. The number of nitrogens with one attached hydrogen (secondary N) is 1. The van der Waals surface area contributed by atoms with Gasteiger partial charge in [-0.25, -0.2) is 8.42 Å². The SMILES string of the molecule is CCCCC(CS(C)(=O)=O)NN. The number of sulfone groups is 1. The fourth-order valence-electron chi connectivity index (χ4n) is 1.03. The molecule has 5 heteroatoms. The Morgan fingerprint density at radius 3 is 2.42 bits per heavy atom. The molecule has 0 fully saturated rings. The summed E-state index contributed by atoms with van der Waals surface area (Å²) in [7, 11) is -2.91. The van der Waals surface area contributed by atoms with Crippen LogP contribution in [0.3, 0.4) is 0 Å². The van der Waals surface area contributed by atoms with Crippen molar-refractivity contribution in [3.8, 4) is 0 Å². The van der Waals surface area contributed by atoms with Gasteiger partial charge in [-0.05, 0) is 6.42 Å². The second-order valence-electron chi connectivity index (χ2n) is 3.10. The maximum absolute atomic E-state index is 10.9. The average molecular weight is 194 g/mol. The van der Waals surface area contributed by atoms with E-state index in [1.807, 2.05) is 0 Å². The minimum atomic E-state index is -2.91. The summed E-state index contributed by atoms with van der Waals surface area (Å²) in [6.45, 7) is 2.06. The van der Waals surface area contributed by atoms with E-state index in [2.05, 4.69) is 12.3 Å². The third-order valence-corrected chi connectivity index (χ3v) is 2.65. The van der Waals surface area contributed by atoms with Gasteiger partial charge < -0.3 is 0 Å². The first-order chi connectivity index (χ1) is 5.49. The Morgan fingerprint density at radius 1 is 1.50 bits per heavy atom. The summed E-state index contributed by atoms with van der Waals surface area (Å²) in [5, 5.41) is 0. The Bertz CT molecular complexity index is 201. The van der Waals surface area contributed by atoms with Crippen LogP contribution >= 0.6 is 0 Å². The van der Waals surface area contributed by atoms with Gasteiger partial charge in [-0.15, -0.1) is 0 Å². The molecule has 3 N–H and O–H groups in total. The first kappa shape index (κ1) is 11.9. The number of hydrogen-bond donors (Lipinski definition) is 2. The molecule has 0 rings (SSSR count). The molecule has 1 atom stereocenters. The van der Waals surface area contributed by atoms with Crippen LogP contribution in [0, 0.1) is 0 Å². The van der Waals surface area contributed by atoms with Gasteiger partial charge in [0.05, 0.1) is 5.75 Å². The lowest BCUT2D eigenvalue weighted by molar-refractivity contribution is 0.502. The van der Waals surface area contributed by atoms with Gasteiger partial charge in [0.2, 0.25) is 0 Å². The van der Waals surface area contributed by atoms with Gasteiger partial charge in [-0.1, -0.05) is 19.8 Å². The molecule has 0 aliphatic heterocycles. The monoisotopic (exact) mass is 194 g/mol. The summed E-state index contributed by atoms with van der Waals surface area (Å²) in [6.07, 6.45) is 4.11. The quantitative estimate of drug-likeness (QED) is 0.463. The predicted octanol–water partition coefficient (Wildman–Crippen LogP) is 0.0531. The van der Waals surface area contributed by atoms with Crippen molar-refractivity contribution in [3.63, 3.8) is 0 Å². The zero-order valence-corrected chi connectivity index (χ0v) is 8.52. The highest BCUT2D eigenvalue weighted by Gasteiger charge is 2.12. The molecule has 0 bridgehead atoms. The Kier molecular flexibility index (Phi) is 5.44. The molecule has 0 radical (unpaired) electrons. The van der Waals surface area contributed by atoms with Gasteiger partial charge in [-0.3, -0.25) is 11.3 Å². The van der Waals surface area contributed by atoms with Crippen LogP contribution in [-0.4, -0.2) is 26.5 Å². The van der Waals surface area contributed by atoms with Crippen molar-refractivity contribution in [2.45, 2.75) is 32.2 Å². The van der Waals surface area contributed by atoms with Gasteiger partial charge in [0.25, 0.3) is 0 Å². The molecule has 12 heavy (non-hydrogen) atoms. The molecule has 0 amide bonds. The first-order valence-corrected chi connectivity index (χ1v) is 6.19. The molecule has 4 nitrogen and oxygen atoms in total. The van der Waals surface area contributed by atoms with Crippen LogP contribution in [0.25, 0.3) is 0 Å². The van der Waals surface area contributed by atoms with E-state index < -0.39 is 9.84 Å². The van der Waals surface area contributed by atoms with Gasteiger partial charge in [-0.2, -0.15) is 0 Å². The van der Waals surface area contributed by atoms with Crippen molar-refractivity contribution < 1.29 is 8.42 Å². The predicted molar refractivity (Wildman–Crippen MR) is 50.3 cm³/mol. The summed E-state index contributed by atoms with van der Waals surface area (Å²) in [6, 6.07) is -0.0973. The van der Waals surface area contributed by atoms with E-state index in [9.17, 15) is 8.42 Å². The van der Waals surface area contributed by atoms with Gasteiger partial charge >= 0.3 is 0 Å². The minimum Gasteiger partial charge on any atom is -0.271 e. The highest BCUT2D eigenvalue weighted by molar-refractivity contribution is 7.90. The van der Waals surface area contributed by atoms with E-state index >= 15 is 0 Å². The zero-order chi connectivity index (χ0) is 9.61. The van der Waals surface area contributed by atoms with E-state index in [4.69, 9.17) is 5.84 Å². The highest BCUT2D eigenvalue weighted by Crippen LogP contribution is 2.01. The Morgan fingerprint density at radius 2 is 2.08 bits per heavy atom. The van der Waals surface area contributed by atoms with E-state index in [1.54, 1.807) is 0 Å². The summed E-state index contributed by atoms with van der Waals surface area (Å²) in [5.41, 5.74) is 2.51. The van der Waals surface area contributed by atoms with Crippen LogP contribution in [0.1, 0.15) is 26.2 Å². The van der Waals surface area contributed by atoms with Crippen molar-refractivity contribution in [2.24, 2.45) is 5.84 Å². The van der Waals surface area contributed by atoms with Crippen molar-refractivity contribution >= 4 is 9.84 Å². The van der Waals surface area contributed by atoms with E-state index in [0.717, 1.165) is 19.3 Å². The molecule has 0 saturated carbocycles. The molecule has 0 aliphatic rings. The van der Waals surface area contributed by atoms with Crippen LogP contribution in [0.5, 0.6) is 0 Å². The standard InChI is InChI=1S/C7H18N2O2S/c1-3-4-5-7(9-8)6-12(2,10)11/h7,9H,3-6,8H2,1-2H3. The van der Waals surface area contributed by atoms with Gasteiger partial charge in [0.15, 0.2) is 0 Å². The lowest BCUT2D eigenvalue weighted by Crippen LogP contribution is -2.40. The number of hydrazine groups is 1. The molecular formula is C7H18N2O2S. The molecule has 0 heterocycles. The molecule has 74 valence electrons. The largest absolute Gasteiger partial charge is 0.271 e. The number of nitrogens with two attached hydrogens (primary N) is 1. The van der Waals surface area contributed by atoms with E-state index in [0.29, 0.717) is 0 Å². The Hall–Kier alpha value is -0.130. The second-order valence-corrected chi connectivity index (χ2v) is 5.28. The van der Waals surface area contributed by atoms with Crippen LogP contribution in [0.15, 0.2) is 0 Å². The van der Waals surface area contributed by atoms with Crippen LogP contribution < -0.4 is 11.3 Å². The highest BCUT2D eigenvalue weighted by atomic mass is 32.2. The number of rotatable bonds is 6. The number of unbranched alkanes of at least 4 members (excludes halogenated alkanes) is 1. The van der Waals surface area contributed by atoms with Crippen molar-refractivity contribution in [2.75, 3.05) is 12.0 Å². The Balaban J connectivity index is 3.83. The lowest BCUT2D eigenvalue weighted by Gasteiger charge is -2.13. The zero-order valence-electron chi connectivity index (χ0n) is 7.71. The minimum absolute atomic E-state index is 0.0973. The van der Waals surface area contributed by atoms with Crippen LogP contribution in [0.2, 0.25) is 0 Å². The fraction of sp³-hybridized carbons (Fsp3) is 1.00. The second kappa shape index (κ2) is 5.50.